The molecule has 19 heavy (non-hydrogen) atoms. The second-order valence-electron chi connectivity index (χ2n) is 5.99. The van der Waals surface area contributed by atoms with Crippen molar-refractivity contribution in [3.63, 3.8) is 0 Å². The molecule has 0 aliphatic rings. The van der Waals surface area contributed by atoms with Crippen molar-refractivity contribution in [3.8, 4) is 0 Å². The molecule has 0 radical (unpaired) electrons. The summed E-state index contributed by atoms with van der Waals surface area (Å²) in [6.45, 7) is 15.6. The molecule has 1 atom stereocenters. The average molecular weight is 258 g/mol. The molecule has 1 aromatic carbocycles. The number of aryl methyl sites for hydroxylation is 3. The minimum absolute atomic E-state index is 0.511. The highest BCUT2D eigenvalue weighted by molar-refractivity contribution is 5.90. The van der Waals surface area contributed by atoms with E-state index in [1.165, 1.54) is 51.8 Å². The summed E-state index contributed by atoms with van der Waals surface area (Å²) in [5.74, 6) is 1.70. The fraction of sp³-hybridized carbons (Fsp3) is 0.556. The van der Waals surface area contributed by atoms with E-state index in [0.717, 1.165) is 5.58 Å². The van der Waals surface area contributed by atoms with Crippen LogP contribution in [0.5, 0.6) is 0 Å². The van der Waals surface area contributed by atoms with Crippen LogP contribution >= 0.6 is 0 Å². The van der Waals surface area contributed by atoms with E-state index in [9.17, 15) is 0 Å². The van der Waals surface area contributed by atoms with Gasteiger partial charge in [0.15, 0.2) is 0 Å². The van der Waals surface area contributed by atoms with Crippen molar-refractivity contribution >= 4 is 11.0 Å². The molecule has 1 nitrogen and oxygen atoms in total. The Kier molecular flexibility index (Phi) is 3.75. The van der Waals surface area contributed by atoms with Gasteiger partial charge in [0.1, 0.15) is 11.3 Å². The summed E-state index contributed by atoms with van der Waals surface area (Å²) in [5.41, 5.74) is 7.91. The second kappa shape index (κ2) is 5.03. The lowest BCUT2D eigenvalue weighted by molar-refractivity contribution is 0.482. The Bertz CT molecular complexity index is 617. The molecule has 1 unspecified atom stereocenters. The molecular weight excluding hydrogens is 232 g/mol. The molecule has 0 saturated carbocycles. The lowest BCUT2D eigenvalue weighted by atomic mass is 9.92. The van der Waals surface area contributed by atoms with E-state index < -0.39 is 0 Å². The predicted molar refractivity (Wildman–Crippen MR) is 83.2 cm³/mol. The number of rotatable bonds is 3. The van der Waals surface area contributed by atoms with E-state index in [4.69, 9.17) is 4.42 Å². The number of furan rings is 1. The van der Waals surface area contributed by atoms with E-state index in [1.807, 2.05) is 0 Å². The van der Waals surface area contributed by atoms with Crippen molar-refractivity contribution in [2.24, 2.45) is 0 Å². The summed E-state index contributed by atoms with van der Waals surface area (Å²) in [5, 5.41) is 1.35. The topological polar surface area (TPSA) is 13.1 Å². The summed E-state index contributed by atoms with van der Waals surface area (Å²) in [6.07, 6.45) is 2.39. The first-order valence-electron chi connectivity index (χ1n) is 7.39. The molecule has 104 valence electrons. The van der Waals surface area contributed by atoms with Crippen LogP contribution in [0.4, 0.5) is 0 Å². The van der Waals surface area contributed by atoms with Crippen LogP contribution in [0.1, 0.15) is 66.2 Å². The van der Waals surface area contributed by atoms with Crippen molar-refractivity contribution in [3.05, 3.63) is 33.6 Å². The van der Waals surface area contributed by atoms with E-state index in [0.29, 0.717) is 5.92 Å². The Hall–Kier alpha value is -1.24. The van der Waals surface area contributed by atoms with Crippen molar-refractivity contribution in [1.82, 2.24) is 0 Å². The fourth-order valence-electron chi connectivity index (χ4n) is 3.20. The molecule has 1 aromatic heterocycles. The van der Waals surface area contributed by atoms with Gasteiger partial charge in [0.25, 0.3) is 0 Å². The molecule has 1 heterocycles. The molecule has 0 fully saturated rings. The van der Waals surface area contributed by atoms with Gasteiger partial charge in [-0.3, -0.25) is 0 Å². The predicted octanol–water partition coefficient (Wildman–Crippen LogP) is 5.88. The van der Waals surface area contributed by atoms with Crippen LogP contribution in [0.15, 0.2) is 4.42 Å². The smallest absolute Gasteiger partial charge is 0.138 e. The lowest BCUT2D eigenvalue weighted by Gasteiger charge is -2.10. The molecule has 0 spiro atoms. The molecule has 0 saturated heterocycles. The normalized spacial score (nSPS) is 13.2. The molecule has 1 heteroatoms. The van der Waals surface area contributed by atoms with Gasteiger partial charge in [0.05, 0.1) is 0 Å². The highest BCUT2D eigenvalue weighted by Crippen LogP contribution is 2.38. The van der Waals surface area contributed by atoms with Gasteiger partial charge >= 0.3 is 0 Å². The van der Waals surface area contributed by atoms with Crippen LogP contribution in [-0.4, -0.2) is 0 Å². The summed E-state index contributed by atoms with van der Waals surface area (Å²) >= 11 is 0. The Morgan fingerprint density at radius 3 is 2.00 bits per heavy atom. The van der Waals surface area contributed by atoms with Gasteiger partial charge < -0.3 is 4.42 Å². The van der Waals surface area contributed by atoms with Crippen LogP contribution in [-0.2, 0) is 0 Å². The van der Waals surface area contributed by atoms with Gasteiger partial charge in [-0.15, -0.1) is 0 Å². The number of hydrogen-bond acceptors (Lipinski definition) is 1. The monoisotopic (exact) mass is 258 g/mol. The first kappa shape index (κ1) is 14.2. The number of benzene rings is 1. The van der Waals surface area contributed by atoms with Gasteiger partial charge in [-0.2, -0.15) is 0 Å². The van der Waals surface area contributed by atoms with Gasteiger partial charge in [0, 0.05) is 11.3 Å². The molecule has 0 aliphatic carbocycles. The molecule has 0 N–H and O–H groups in total. The number of hydrogen-bond donors (Lipinski definition) is 0. The van der Waals surface area contributed by atoms with Crippen molar-refractivity contribution < 1.29 is 4.42 Å². The zero-order valence-electron chi connectivity index (χ0n) is 13.4. The van der Waals surface area contributed by atoms with Crippen LogP contribution in [0.25, 0.3) is 11.0 Å². The van der Waals surface area contributed by atoms with Gasteiger partial charge in [0.2, 0.25) is 0 Å². The first-order chi connectivity index (χ1) is 8.90. The Morgan fingerprint density at radius 1 is 0.842 bits per heavy atom. The SMILES string of the molecule is CCCC(C)c1oc2c(C)c(C)c(C)c(C)c2c1C. The quantitative estimate of drug-likeness (QED) is 0.670. The van der Waals surface area contributed by atoms with Crippen molar-refractivity contribution in [2.75, 3.05) is 0 Å². The maximum atomic E-state index is 6.26. The average Bonchev–Trinajstić information content (AvgIpc) is 2.72. The van der Waals surface area contributed by atoms with Crippen LogP contribution < -0.4 is 0 Å². The standard InChI is InChI=1S/C18H26O/c1-8-9-10(2)17-15(7)16-13(5)11(3)12(4)14(6)18(16)19-17/h10H,8-9H2,1-7H3. The van der Waals surface area contributed by atoms with E-state index in [1.54, 1.807) is 0 Å². The molecule has 2 rings (SSSR count). The Labute approximate surface area is 117 Å². The van der Waals surface area contributed by atoms with Crippen LogP contribution in [0.2, 0.25) is 0 Å². The van der Waals surface area contributed by atoms with Crippen molar-refractivity contribution in [1.29, 1.82) is 0 Å². The molecular formula is C18H26O. The zero-order chi connectivity index (χ0) is 14.3. The minimum atomic E-state index is 0.511. The molecule has 0 bridgehead atoms. The van der Waals surface area contributed by atoms with Crippen molar-refractivity contribution in [2.45, 2.75) is 67.2 Å². The summed E-state index contributed by atoms with van der Waals surface area (Å²) in [6, 6.07) is 0. The van der Waals surface area contributed by atoms with E-state index in [-0.39, 0.29) is 0 Å². The maximum absolute atomic E-state index is 6.26. The molecule has 2 aromatic rings. The first-order valence-corrected chi connectivity index (χ1v) is 7.39. The highest BCUT2D eigenvalue weighted by Gasteiger charge is 2.20. The number of fused-ring (bicyclic) bond motifs is 1. The van der Waals surface area contributed by atoms with E-state index >= 15 is 0 Å². The van der Waals surface area contributed by atoms with Gasteiger partial charge in [-0.25, -0.2) is 0 Å². The molecule has 0 amide bonds. The summed E-state index contributed by atoms with van der Waals surface area (Å²) < 4.78 is 6.26. The van der Waals surface area contributed by atoms with Crippen LogP contribution in [0.3, 0.4) is 0 Å². The zero-order valence-corrected chi connectivity index (χ0v) is 13.4. The Morgan fingerprint density at radius 2 is 1.42 bits per heavy atom. The maximum Gasteiger partial charge on any atom is 0.138 e. The van der Waals surface area contributed by atoms with Gasteiger partial charge in [-0.05, 0) is 68.9 Å². The summed E-state index contributed by atoms with van der Waals surface area (Å²) in [4.78, 5) is 0. The van der Waals surface area contributed by atoms with Gasteiger partial charge in [-0.1, -0.05) is 20.3 Å². The third-order valence-electron chi connectivity index (χ3n) is 4.76. The Balaban J connectivity index is 2.77. The third kappa shape index (κ3) is 2.09. The minimum Gasteiger partial charge on any atom is -0.460 e. The lowest BCUT2D eigenvalue weighted by Crippen LogP contribution is -1.94. The fourth-order valence-corrected chi connectivity index (χ4v) is 3.20. The molecule has 0 aliphatic heterocycles. The third-order valence-corrected chi connectivity index (χ3v) is 4.76. The largest absolute Gasteiger partial charge is 0.460 e. The highest BCUT2D eigenvalue weighted by atomic mass is 16.3. The van der Waals surface area contributed by atoms with E-state index in [2.05, 4.69) is 48.5 Å². The second-order valence-corrected chi connectivity index (χ2v) is 5.99. The van der Waals surface area contributed by atoms with Crippen LogP contribution in [0, 0.1) is 34.6 Å². The summed E-state index contributed by atoms with van der Waals surface area (Å²) in [7, 11) is 0.